The Kier molecular flexibility index (Phi) is 9.61. The average molecular weight is 417 g/mol. The molecule has 4 heteroatoms. The number of halogens is 2. The molecule has 0 spiro atoms. The van der Waals surface area contributed by atoms with E-state index in [0.717, 1.165) is 50.3 Å². The highest BCUT2D eigenvalue weighted by atomic mass is 19.1. The van der Waals surface area contributed by atoms with E-state index >= 15 is 0 Å². The molecule has 2 heterocycles. The van der Waals surface area contributed by atoms with Crippen LogP contribution in [-0.4, -0.2) is 25.7 Å². The van der Waals surface area contributed by atoms with Gasteiger partial charge in [0.05, 0.1) is 0 Å². The first kappa shape index (κ1) is 24.2. The van der Waals surface area contributed by atoms with E-state index in [1.165, 1.54) is 24.0 Å². The predicted molar refractivity (Wildman–Crippen MR) is 126 cm³/mol. The molecule has 0 unspecified atom stereocenters. The summed E-state index contributed by atoms with van der Waals surface area (Å²) in [6, 6.07) is 10.7. The van der Waals surface area contributed by atoms with E-state index in [2.05, 4.69) is 30.6 Å². The Balaban J connectivity index is 0.000000197. The fourth-order valence-electron chi connectivity index (χ4n) is 4.24. The molecule has 30 heavy (non-hydrogen) atoms. The highest BCUT2D eigenvalue weighted by Crippen LogP contribution is 2.29. The van der Waals surface area contributed by atoms with E-state index in [1.807, 2.05) is 26.0 Å². The molecular formula is C26H38F2N2. The zero-order valence-electron chi connectivity index (χ0n) is 19.3. The maximum atomic E-state index is 13.1. The molecule has 0 aromatic heterocycles. The van der Waals surface area contributed by atoms with Gasteiger partial charge in [-0.25, -0.2) is 8.78 Å². The van der Waals surface area contributed by atoms with Crippen molar-refractivity contribution < 1.29 is 8.78 Å². The number of nitrogens with zero attached hydrogens (tertiary/aromatic N) is 2. The van der Waals surface area contributed by atoms with Gasteiger partial charge in [-0.1, -0.05) is 32.9 Å². The predicted octanol–water partition coefficient (Wildman–Crippen LogP) is 7.00. The molecule has 0 saturated carbocycles. The highest BCUT2D eigenvalue weighted by Gasteiger charge is 2.19. The van der Waals surface area contributed by atoms with Gasteiger partial charge in [-0.3, -0.25) is 0 Å². The van der Waals surface area contributed by atoms with E-state index in [0.29, 0.717) is 6.04 Å². The minimum Gasteiger partial charge on any atom is -0.371 e. The summed E-state index contributed by atoms with van der Waals surface area (Å²) < 4.78 is 26.2. The van der Waals surface area contributed by atoms with Gasteiger partial charge in [-0.2, -0.15) is 0 Å². The van der Waals surface area contributed by atoms with Crippen LogP contribution in [0.3, 0.4) is 0 Å². The largest absolute Gasteiger partial charge is 0.371 e. The number of anilines is 2. The van der Waals surface area contributed by atoms with Crippen molar-refractivity contribution in [1.82, 2.24) is 0 Å². The van der Waals surface area contributed by atoms with E-state index in [-0.39, 0.29) is 11.6 Å². The first-order valence-corrected chi connectivity index (χ1v) is 11.6. The van der Waals surface area contributed by atoms with Gasteiger partial charge in [0.2, 0.25) is 0 Å². The maximum Gasteiger partial charge on any atom is 0.125 e. The average Bonchev–Trinajstić information content (AvgIpc) is 2.75. The summed E-state index contributed by atoms with van der Waals surface area (Å²) in [5.74, 6) is -0.247. The Morgan fingerprint density at radius 2 is 1.37 bits per heavy atom. The Labute approximate surface area is 181 Å². The van der Waals surface area contributed by atoms with Crippen LogP contribution in [0.4, 0.5) is 20.2 Å². The van der Waals surface area contributed by atoms with Crippen molar-refractivity contribution in [1.29, 1.82) is 0 Å². The van der Waals surface area contributed by atoms with Crippen LogP contribution in [0.5, 0.6) is 0 Å². The van der Waals surface area contributed by atoms with Crippen molar-refractivity contribution in [2.24, 2.45) is 0 Å². The van der Waals surface area contributed by atoms with Crippen molar-refractivity contribution in [3.05, 3.63) is 59.2 Å². The molecule has 2 aromatic rings. The highest BCUT2D eigenvalue weighted by molar-refractivity contribution is 5.56. The summed E-state index contributed by atoms with van der Waals surface area (Å²) >= 11 is 0. The molecule has 166 valence electrons. The van der Waals surface area contributed by atoms with Gasteiger partial charge >= 0.3 is 0 Å². The molecule has 0 fully saturated rings. The van der Waals surface area contributed by atoms with Crippen LogP contribution in [0.15, 0.2) is 36.4 Å². The maximum absolute atomic E-state index is 13.1. The summed E-state index contributed by atoms with van der Waals surface area (Å²) in [4.78, 5) is 4.57. The molecule has 2 nitrogen and oxygen atoms in total. The van der Waals surface area contributed by atoms with E-state index in [4.69, 9.17) is 0 Å². The van der Waals surface area contributed by atoms with E-state index in [1.54, 1.807) is 24.3 Å². The smallest absolute Gasteiger partial charge is 0.125 e. The lowest BCUT2D eigenvalue weighted by atomic mass is 10.0. The van der Waals surface area contributed by atoms with Crippen molar-refractivity contribution in [2.75, 3.05) is 29.4 Å². The van der Waals surface area contributed by atoms with Crippen LogP contribution in [0, 0.1) is 11.6 Å². The first-order chi connectivity index (χ1) is 14.5. The first-order valence-electron chi connectivity index (χ1n) is 11.6. The van der Waals surface area contributed by atoms with Gasteiger partial charge in [0.25, 0.3) is 0 Å². The lowest BCUT2D eigenvalue weighted by molar-refractivity contribution is 0.602. The standard InChI is InChI=1S/2C12H16FN.C2H6/c1-9(2)14-7-3-4-10-5-6-11(13)8-12(10)14;1-2-7-14-8-3-4-10-5-6-11(13)9-12(10)14;1-2/h5-6,8-9H,3-4,7H2,1-2H3;5-6,9H,2-4,7-8H2,1H3;1-2H3. The van der Waals surface area contributed by atoms with Crippen LogP contribution in [0.2, 0.25) is 0 Å². The number of hydrogen-bond donors (Lipinski definition) is 0. The molecule has 2 aliphatic heterocycles. The van der Waals surface area contributed by atoms with Crippen molar-refractivity contribution >= 4 is 11.4 Å². The van der Waals surface area contributed by atoms with Crippen molar-refractivity contribution in [3.8, 4) is 0 Å². The second-order valence-electron chi connectivity index (χ2n) is 8.03. The molecular weight excluding hydrogens is 378 g/mol. The number of aryl methyl sites for hydroxylation is 2. The normalized spacial score (nSPS) is 14.8. The van der Waals surface area contributed by atoms with Crippen molar-refractivity contribution in [3.63, 3.8) is 0 Å². The fourth-order valence-corrected chi connectivity index (χ4v) is 4.24. The topological polar surface area (TPSA) is 6.48 Å². The van der Waals surface area contributed by atoms with Gasteiger partial charge in [-0.15, -0.1) is 0 Å². The minimum absolute atomic E-state index is 0.119. The molecule has 0 radical (unpaired) electrons. The SMILES string of the molecule is CC.CC(C)N1CCCc2ccc(F)cc21.CCCN1CCCc2ccc(F)cc21. The lowest BCUT2D eigenvalue weighted by Gasteiger charge is -2.34. The third-order valence-corrected chi connectivity index (χ3v) is 5.58. The van der Waals surface area contributed by atoms with Crippen LogP contribution >= 0.6 is 0 Å². The van der Waals surface area contributed by atoms with Gasteiger partial charge in [0, 0.05) is 37.1 Å². The van der Waals surface area contributed by atoms with Crippen LogP contribution < -0.4 is 9.80 Å². The van der Waals surface area contributed by atoms with Crippen LogP contribution in [0.1, 0.15) is 65.0 Å². The summed E-state index contributed by atoms with van der Waals surface area (Å²) in [6.45, 7) is 13.6. The zero-order valence-corrected chi connectivity index (χ0v) is 19.3. The van der Waals surface area contributed by atoms with Crippen LogP contribution in [-0.2, 0) is 12.8 Å². The minimum atomic E-state index is -0.128. The third-order valence-electron chi connectivity index (χ3n) is 5.58. The second-order valence-corrected chi connectivity index (χ2v) is 8.03. The third kappa shape index (κ3) is 6.20. The summed E-state index contributed by atoms with van der Waals surface area (Å²) in [7, 11) is 0. The molecule has 2 aliphatic rings. The quantitative estimate of drug-likeness (QED) is 0.531. The zero-order chi connectivity index (χ0) is 22.1. The van der Waals surface area contributed by atoms with E-state index in [9.17, 15) is 8.78 Å². The number of rotatable bonds is 3. The van der Waals surface area contributed by atoms with Gasteiger partial charge in [0.1, 0.15) is 11.6 Å². The van der Waals surface area contributed by atoms with Crippen molar-refractivity contribution in [2.45, 2.75) is 72.8 Å². The van der Waals surface area contributed by atoms with E-state index < -0.39 is 0 Å². The molecule has 0 atom stereocenters. The molecule has 0 aliphatic carbocycles. The van der Waals surface area contributed by atoms with Crippen LogP contribution in [0.25, 0.3) is 0 Å². The van der Waals surface area contributed by atoms with Gasteiger partial charge in [0.15, 0.2) is 0 Å². The monoisotopic (exact) mass is 416 g/mol. The molecule has 0 bridgehead atoms. The molecule has 0 N–H and O–H groups in total. The molecule has 4 rings (SSSR count). The molecule has 0 saturated heterocycles. The molecule has 2 aromatic carbocycles. The number of benzene rings is 2. The summed E-state index contributed by atoms with van der Waals surface area (Å²) in [5, 5.41) is 0. The Morgan fingerprint density at radius 3 is 1.93 bits per heavy atom. The lowest BCUT2D eigenvalue weighted by Crippen LogP contribution is -2.35. The Bertz CT molecular complexity index is 789. The van der Waals surface area contributed by atoms with Gasteiger partial charge in [-0.05, 0) is 81.3 Å². The Morgan fingerprint density at radius 1 is 0.833 bits per heavy atom. The summed E-state index contributed by atoms with van der Waals surface area (Å²) in [5.41, 5.74) is 4.78. The van der Waals surface area contributed by atoms with Gasteiger partial charge < -0.3 is 9.80 Å². The number of hydrogen-bond acceptors (Lipinski definition) is 2. The molecule has 0 amide bonds. The number of fused-ring (bicyclic) bond motifs is 2. The fraction of sp³-hybridized carbons (Fsp3) is 0.538. The summed E-state index contributed by atoms with van der Waals surface area (Å²) in [6.07, 6.45) is 5.67. The Hall–Kier alpha value is -2.10. The second kappa shape index (κ2) is 11.9.